The lowest BCUT2D eigenvalue weighted by Gasteiger charge is -2.11. The average Bonchev–Trinajstić information content (AvgIpc) is 2.72. The van der Waals surface area contributed by atoms with Gasteiger partial charge in [-0.05, 0) is 65.9 Å². The molecule has 0 unspecified atom stereocenters. The first-order valence-corrected chi connectivity index (χ1v) is 10.5. The number of allylic oxidation sites excluding steroid dienone is 1. The van der Waals surface area contributed by atoms with E-state index in [0.717, 1.165) is 31.4 Å². The van der Waals surface area contributed by atoms with Crippen LogP contribution in [0.5, 0.6) is 0 Å². The van der Waals surface area contributed by atoms with Gasteiger partial charge < -0.3 is 0 Å². The highest BCUT2D eigenvalue weighted by molar-refractivity contribution is 5.73. The molecule has 0 amide bonds. The molecule has 0 atom stereocenters. The summed E-state index contributed by atoms with van der Waals surface area (Å²) >= 11 is 0. The monoisotopic (exact) mass is 484 g/mol. The molecule has 0 saturated heterocycles. The molecule has 0 N–H and O–H groups in total. The van der Waals surface area contributed by atoms with Crippen LogP contribution in [0.3, 0.4) is 0 Å². The van der Waals surface area contributed by atoms with Crippen molar-refractivity contribution >= 4 is 6.08 Å². The summed E-state index contributed by atoms with van der Waals surface area (Å²) in [7, 11) is 0. The number of halogens is 8. The summed E-state index contributed by atoms with van der Waals surface area (Å²) in [5.74, 6) is -5.39. The predicted octanol–water partition coefficient (Wildman–Crippen LogP) is 9.02. The Morgan fingerprint density at radius 3 is 1.82 bits per heavy atom. The maximum atomic E-state index is 14.8. The van der Waals surface area contributed by atoms with Crippen LogP contribution in [0.2, 0.25) is 0 Å². The highest BCUT2D eigenvalue weighted by atomic mass is 19.4. The Hall–Kier alpha value is -3.16. The normalized spacial score (nSPS) is 12.0. The second kappa shape index (κ2) is 10.4. The topological polar surface area (TPSA) is 0 Å². The standard InChI is InChI=1S/C26H20F8/c1-2-3-4-5-15-10-23(30)25(24(31)11-15)16-6-7-18(20(27)12-16)17-13-21(28)19(22(29)14-17)8-9-26(32,33)34/h6-14H,2-5H2,1H3. The van der Waals surface area contributed by atoms with Crippen LogP contribution in [0.15, 0.2) is 48.5 Å². The molecule has 0 aliphatic carbocycles. The average molecular weight is 484 g/mol. The van der Waals surface area contributed by atoms with Crippen molar-refractivity contribution in [3.05, 3.63) is 88.8 Å². The van der Waals surface area contributed by atoms with Gasteiger partial charge in [0.2, 0.25) is 0 Å². The lowest BCUT2D eigenvalue weighted by atomic mass is 9.96. The molecule has 0 aromatic heterocycles. The lowest BCUT2D eigenvalue weighted by molar-refractivity contribution is -0.0790. The molecule has 0 heterocycles. The van der Waals surface area contributed by atoms with Crippen LogP contribution in [-0.2, 0) is 6.42 Å². The first kappa shape index (κ1) is 25.5. The number of aryl methyl sites for hydroxylation is 1. The highest BCUT2D eigenvalue weighted by Crippen LogP contribution is 2.33. The number of unbranched alkanes of at least 4 members (excludes halogenated alkanes) is 2. The molecule has 3 rings (SSSR count). The van der Waals surface area contributed by atoms with Crippen LogP contribution in [0.4, 0.5) is 35.1 Å². The molecule has 34 heavy (non-hydrogen) atoms. The Kier molecular flexibility index (Phi) is 7.79. The summed E-state index contributed by atoms with van der Waals surface area (Å²) in [4.78, 5) is 0. The van der Waals surface area contributed by atoms with Crippen LogP contribution in [0.25, 0.3) is 28.3 Å². The second-order valence-electron chi connectivity index (χ2n) is 7.81. The van der Waals surface area contributed by atoms with E-state index in [2.05, 4.69) is 0 Å². The highest BCUT2D eigenvalue weighted by Gasteiger charge is 2.23. The van der Waals surface area contributed by atoms with Crippen LogP contribution >= 0.6 is 0 Å². The third-order valence-electron chi connectivity index (χ3n) is 5.26. The molecule has 3 aromatic carbocycles. The van der Waals surface area contributed by atoms with E-state index >= 15 is 0 Å². The number of alkyl halides is 3. The van der Waals surface area contributed by atoms with Gasteiger partial charge in [-0.2, -0.15) is 13.2 Å². The van der Waals surface area contributed by atoms with Gasteiger partial charge in [0.05, 0.1) is 5.56 Å². The Labute approximate surface area is 191 Å². The zero-order valence-corrected chi connectivity index (χ0v) is 18.0. The summed E-state index contributed by atoms with van der Waals surface area (Å²) in [5, 5.41) is 0. The quantitative estimate of drug-likeness (QED) is 0.232. The van der Waals surface area contributed by atoms with Gasteiger partial charge in [0.25, 0.3) is 0 Å². The van der Waals surface area contributed by atoms with Gasteiger partial charge in [0.15, 0.2) is 0 Å². The summed E-state index contributed by atoms with van der Waals surface area (Å²) in [6.45, 7) is 2.00. The second-order valence-corrected chi connectivity index (χ2v) is 7.81. The first-order valence-electron chi connectivity index (χ1n) is 10.5. The molecule has 8 heteroatoms. The third kappa shape index (κ3) is 6.04. The largest absolute Gasteiger partial charge is 0.409 e. The minimum atomic E-state index is -4.77. The summed E-state index contributed by atoms with van der Waals surface area (Å²) in [6, 6.07) is 6.88. The minimum Gasteiger partial charge on any atom is -0.206 e. The van der Waals surface area contributed by atoms with Gasteiger partial charge in [-0.3, -0.25) is 0 Å². The smallest absolute Gasteiger partial charge is 0.206 e. The molecule has 0 aliphatic heterocycles. The Balaban J connectivity index is 1.94. The molecular weight excluding hydrogens is 464 g/mol. The maximum absolute atomic E-state index is 14.8. The zero-order valence-electron chi connectivity index (χ0n) is 18.0. The van der Waals surface area contributed by atoms with Gasteiger partial charge >= 0.3 is 6.18 Å². The number of benzene rings is 3. The summed E-state index contributed by atoms with van der Waals surface area (Å²) in [6.07, 6.45) is -1.70. The van der Waals surface area contributed by atoms with Gasteiger partial charge in [-0.25, -0.2) is 22.0 Å². The van der Waals surface area contributed by atoms with Crippen molar-refractivity contribution in [2.45, 2.75) is 38.8 Å². The number of rotatable bonds is 7. The molecule has 180 valence electrons. The van der Waals surface area contributed by atoms with E-state index in [-0.39, 0.29) is 28.8 Å². The SMILES string of the molecule is CCCCCc1cc(F)c(-c2ccc(-c3cc(F)c(C=CC(F)(F)F)c(F)c3)c(F)c2)c(F)c1. The fourth-order valence-electron chi connectivity index (χ4n) is 3.61. The van der Waals surface area contributed by atoms with E-state index in [4.69, 9.17) is 0 Å². The van der Waals surface area contributed by atoms with E-state index in [1.807, 2.05) is 6.92 Å². The van der Waals surface area contributed by atoms with E-state index in [9.17, 15) is 35.1 Å². The van der Waals surface area contributed by atoms with Crippen LogP contribution in [-0.4, -0.2) is 6.18 Å². The van der Waals surface area contributed by atoms with E-state index < -0.39 is 46.4 Å². The molecule has 0 fully saturated rings. The molecule has 0 radical (unpaired) electrons. The Morgan fingerprint density at radius 2 is 1.29 bits per heavy atom. The van der Waals surface area contributed by atoms with Crippen molar-refractivity contribution in [2.75, 3.05) is 0 Å². The Bertz CT molecular complexity index is 1160. The van der Waals surface area contributed by atoms with Gasteiger partial charge in [0, 0.05) is 17.2 Å². The lowest BCUT2D eigenvalue weighted by Crippen LogP contribution is -2.01. The zero-order chi connectivity index (χ0) is 25.0. The van der Waals surface area contributed by atoms with Crippen molar-refractivity contribution in [3.8, 4) is 22.3 Å². The molecule has 0 nitrogen and oxygen atoms in total. The molecule has 3 aromatic rings. The maximum Gasteiger partial charge on any atom is 0.409 e. The van der Waals surface area contributed by atoms with Crippen LogP contribution < -0.4 is 0 Å². The number of hydrogen-bond donors (Lipinski definition) is 0. The number of hydrogen-bond acceptors (Lipinski definition) is 0. The van der Waals surface area contributed by atoms with Crippen molar-refractivity contribution in [1.82, 2.24) is 0 Å². The fourth-order valence-corrected chi connectivity index (χ4v) is 3.61. The van der Waals surface area contributed by atoms with Crippen LogP contribution in [0.1, 0.15) is 37.3 Å². The predicted molar refractivity (Wildman–Crippen MR) is 115 cm³/mol. The molecule has 0 bridgehead atoms. The van der Waals surface area contributed by atoms with E-state index in [1.54, 1.807) is 0 Å². The first-order chi connectivity index (χ1) is 16.0. The minimum absolute atomic E-state index is 0.109. The van der Waals surface area contributed by atoms with Crippen molar-refractivity contribution < 1.29 is 35.1 Å². The van der Waals surface area contributed by atoms with Gasteiger partial charge in [-0.15, -0.1) is 0 Å². The van der Waals surface area contributed by atoms with Gasteiger partial charge in [0.1, 0.15) is 29.1 Å². The summed E-state index contributed by atoms with van der Waals surface area (Å²) < 4.78 is 109. The van der Waals surface area contributed by atoms with Crippen molar-refractivity contribution in [2.24, 2.45) is 0 Å². The Morgan fingerprint density at radius 1 is 0.706 bits per heavy atom. The molecule has 0 aliphatic rings. The molecule has 0 saturated carbocycles. The van der Waals surface area contributed by atoms with Crippen molar-refractivity contribution in [1.29, 1.82) is 0 Å². The van der Waals surface area contributed by atoms with Crippen molar-refractivity contribution in [3.63, 3.8) is 0 Å². The molecular formula is C26H20F8. The molecule has 0 spiro atoms. The fraction of sp³-hybridized carbons (Fsp3) is 0.231. The van der Waals surface area contributed by atoms with Crippen LogP contribution in [0, 0.1) is 29.1 Å². The van der Waals surface area contributed by atoms with E-state index in [0.29, 0.717) is 24.1 Å². The third-order valence-corrected chi connectivity index (χ3v) is 5.26. The summed E-state index contributed by atoms with van der Waals surface area (Å²) in [5.41, 5.74) is -1.56. The van der Waals surface area contributed by atoms with Gasteiger partial charge in [-0.1, -0.05) is 31.9 Å². The van der Waals surface area contributed by atoms with E-state index in [1.165, 1.54) is 18.2 Å².